The van der Waals surface area contributed by atoms with Gasteiger partial charge in [0.15, 0.2) is 18.1 Å². The van der Waals surface area contributed by atoms with E-state index in [0.717, 1.165) is 5.56 Å². The van der Waals surface area contributed by atoms with Crippen LogP contribution in [0.3, 0.4) is 0 Å². The quantitative estimate of drug-likeness (QED) is 0.635. The lowest BCUT2D eigenvalue weighted by Crippen LogP contribution is -2.24. The molecule has 2 aromatic carbocycles. The van der Waals surface area contributed by atoms with E-state index in [2.05, 4.69) is 10.5 Å². The van der Waals surface area contributed by atoms with Crippen LogP contribution in [0.4, 0.5) is 0 Å². The first-order valence-electron chi connectivity index (χ1n) is 7.33. The van der Waals surface area contributed by atoms with Crippen LogP contribution >= 0.6 is 23.2 Å². The highest BCUT2D eigenvalue weighted by molar-refractivity contribution is 6.33. The molecule has 0 saturated carbocycles. The Bertz CT molecular complexity index is 840. The van der Waals surface area contributed by atoms with E-state index in [0.29, 0.717) is 32.9 Å². The number of ether oxygens (including phenoxy) is 3. The van der Waals surface area contributed by atoms with Crippen molar-refractivity contribution in [3.63, 3.8) is 0 Å². The number of benzene rings is 2. The van der Waals surface area contributed by atoms with Crippen molar-refractivity contribution in [1.82, 2.24) is 5.43 Å². The maximum absolute atomic E-state index is 11.8. The van der Waals surface area contributed by atoms with Gasteiger partial charge in [-0.05, 0) is 36.8 Å². The molecule has 0 fully saturated rings. The Morgan fingerprint density at radius 1 is 1.24 bits per heavy atom. The van der Waals surface area contributed by atoms with E-state index in [1.54, 1.807) is 30.3 Å². The Hall–Kier alpha value is -2.44. The average Bonchev–Trinajstić information content (AvgIpc) is 3.03. The molecular formula is C17H14Cl2N2O4. The van der Waals surface area contributed by atoms with Gasteiger partial charge in [-0.25, -0.2) is 5.43 Å². The van der Waals surface area contributed by atoms with Crippen molar-refractivity contribution in [1.29, 1.82) is 0 Å². The normalized spacial score (nSPS) is 12.4. The molecule has 1 aliphatic heterocycles. The Morgan fingerprint density at radius 2 is 2.00 bits per heavy atom. The standard InChI is InChI=1S/C17H14Cl2N2O4/c1-10-4-12(2-3-13(10)18)23-8-17(22)21-20-7-11-5-15-16(6-14(11)19)25-9-24-15/h2-7H,8-9H2,1H3,(H,21,22)/b20-7-. The highest BCUT2D eigenvalue weighted by atomic mass is 35.5. The Balaban J connectivity index is 1.53. The van der Waals surface area contributed by atoms with Crippen LogP contribution in [-0.4, -0.2) is 25.5 Å². The monoisotopic (exact) mass is 380 g/mol. The molecule has 0 unspecified atom stereocenters. The fourth-order valence-corrected chi connectivity index (χ4v) is 2.41. The second-order valence-corrected chi connectivity index (χ2v) is 6.03. The van der Waals surface area contributed by atoms with Crippen molar-refractivity contribution in [2.45, 2.75) is 6.92 Å². The maximum atomic E-state index is 11.8. The van der Waals surface area contributed by atoms with Crippen molar-refractivity contribution in [3.05, 3.63) is 51.5 Å². The van der Waals surface area contributed by atoms with Gasteiger partial charge in [0.2, 0.25) is 6.79 Å². The van der Waals surface area contributed by atoms with Crippen molar-refractivity contribution >= 4 is 35.3 Å². The number of hydrazone groups is 1. The molecule has 130 valence electrons. The fraction of sp³-hybridized carbons (Fsp3) is 0.176. The van der Waals surface area contributed by atoms with Crippen LogP contribution in [0.15, 0.2) is 35.4 Å². The van der Waals surface area contributed by atoms with Gasteiger partial charge in [0, 0.05) is 16.7 Å². The number of halogens is 2. The summed E-state index contributed by atoms with van der Waals surface area (Å²) in [6, 6.07) is 8.49. The van der Waals surface area contributed by atoms with Gasteiger partial charge in [0.1, 0.15) is 5.75 Å². The van der Waals surface area contributed by atoms with Crippen molar-refractivity contribution < 1.29 is 19.0 Å². The number of fused-ring (bicyclic) bond motifs is 1. The average molecular weight is 381 g/mol. The summed E-state index contributed by atoms with van der Waals surface area (Å²) in [6.07, 6.45) is 1.43. The molecule has 1 heterocycles. The van der Waals surface area contributed by atoms with Gasteiger partial charge >= 0.3 is 0 Å². The zero-order chi connectivity index (χ0) is 17.8. The Morgan fingerprint density at radius 3 is 2.76 bits per heavy atom. The molecule has 1 N–H and O–H groups in total. The fourth-order valence-electron chi connectivity index (χ4n) is 2.09. The van der Waals surface area contributed by atoms with E-state index >= 15 is 0 Å². The molecule has 0 aliphatic carbocycles. The molecular weight excluding hydrogens is 367 g/mol. The van der Waals surface area contributed by atoms with Gasteiger partial charge in [0.25, 0.3) is 5.91 Å². The largest absolute Gasteiger partial charge is 0.484 e. The summed E-state index contributed by atoms with van der Waals surface area (Å²) in [5, 5.41) is 4.95. The van der Waals surface area contributed by atoms with Crippen molar-refractivity contribution in [2.24, 2.45) is 5.10 Å². The van der Waals surface area contributed by atoms with E-state index in [9.17, 15) is 4.79 Å². The maximum Gasteiger partial charge on any atom is 0.277 e. The number of hydrogen-bond acceptors (Lipinski definition) is 5. The van der Waals surface area contributed by atoms with Crippen LogP contribution in [-0.2, 0) is 4.79 Å². The predicted molar refractivity (Wildman–Crippen MR) is 95.0 cm³/mol. The minimum atomic E-state index is -0.402. The third-order valence-electron chi connectivity index (χ3n) is 3.38. The first-order chi connectivity index (χ1) is 12.0. The number of hydrogen-bond donors (Lipinski definition) is 1. The highest BCUT2D eigenvalue weighted by Gasteiger charge is 2.15. The van der Waals surface area contributed by atoms with Gasteiger partial charge < -0.3 is 14.2 Å². The van der Waals surface area contributed by atoms with Gasteiger partial charge in [0.05, 0.1) is 11.2 Å². The third-order valence-corrected chi connectivity index (χ3v) is 4.14. The molecule has 8 heteroatoms. The molecule has 25 heavy (non-hydrogen) atoms. The van der Waals surface area contributed by atoms with E-state index in [1.165, 1.54) is 6.21 Å². The second kappa shape index (κ2) is 7.63. The summed E-state index contributed by atoms with van der Waals surface area (Å²) in [7, 11) is 0. The number of rotatable bonds is 5. The van der Waals surface area contributed by atoms with E-state index < -0.39 is 5.91 Å². The van der Waals surface area contributed by atoms with E-state index in [1.807, 2.05) is 6.92 Å². The molecule has 0 saturated heterocycles. The zero-order valence-corrected chi connectivity index (χ0v) is 14.7. The van der Waals surface area contributed by atoms with Crippen molar-refractivity contribution in [3.8, 4) is 17.2 Å². The van der Waals surface area contributed by atoms with Crippen LogP contribution in [0.2, 0.25) is 10.0 Å². The number of amides is 1. The van der Waals surface area contributed by atoms with Gasteiger partial charge in [-0.3, -0.25) is 4.79 Å². The molecule has 0 spiro atoms. The first-order valence-corrected chi connectivity index (χ1v) is 8.08. The zero-order valence-electron chi connectivity index (χ0n) is 13.2. The van der Waals surface area contributed by atoms with Crippen LogP contribution in [0, 0.1) is 6.92 Å². The van der Waals surface area contributed by atoms with Crippen molar-refractivity contribution in [2.75, 3.05) is 13.4 Å². The van der Waals surface area contributed by atoms with Crippen LogP contribution in [0.25, 0.3) is 0 Å². The number of nitrogens with one attached hydrogen (secondary N) is 1. The van der Waals surface area contributed by atoms with Gasteiger partial charge in [-0.1, -0.05) is 23.2 Å². The molecule has 0 radical (unpaired) electrons. The summed E-state index contributed by atoms with van der Waals surface area (Å²) in [5.41, 5.74) is 3.84. The minimum absolute atomic E-state index is 0.157. The number of carbonyl (C=O) groups excluding carboxylic acids is 1. The summed E-state index contributed by atoms with van der Waals surface area (Å²) in [4.78, 5) is 11.8. The summed E-state index contributed by atoms with van der Waals surface area (Å²) in [6.45, 7) is 1.84. The number of carbonyl (C=O) groups is 1. The Kier molecular flexibility index (Phi) is 5.31. The lowest BCUT2D eigenvalue weighted by atomic mass is 10.2. The molecule has 2 aromatic rings. The molecule has 0 aromatic heterocycles. The predicted octanol–water partition coefficient (Wildman–Crippen LogP) is 3.56. The van der Waals surface area contributed by atoms with Gasteiger partial charge in [-0.15, -0.1) is 0 Å². The molecule has 1 aliphatic rings. The summed E-state index contributed by atoms with van der Waals surface area (Å²) in [5.74, 6) is 1.32. The lowest BCUT2D eigenvalue weighted by Gasteiger charge is -2.06. The first kappa shape index (κ1) is 17.4. The molecule has 0 bridgehead atoms. The molecule has 3 rings (SSSR count). The third kappa shape index (κ3) is 4.35. The SMILES string of the molecule is Cc1cc(OCC(=O)N/N=C\c2cc3c(cc2Cl)OCO3)ccc1Cl. The van der Waals surface area contributed by atoms with E-state index in [4.69, 9.17) is 37.4 Å². The Labute approximate surface area is 154 Å². The summed E-state index contributed by atoms with van der Waals surface area (Å²) >= 11 is 12.1. The van der Waals surface area contributed by atoms with Gasteiger partial charge in [-0.2, -0.15) is 5.10 Å². The molecule has 0 atom stereocenters. The second-order valence-electron chi connectivity index (χ2n) is 5.22. The number of nitrogens with zero attached hydrogens (tertiary/aromatic N) is 1. The van der Waals surface area contributed by atoms with E-state index in [-0.39, 0.29) is 13.4 Å². The topological polar surface area (TPSA) is 69.2 Å². The van der Waals surface area contributed by atoms with Crippen LogP contribution in [0.5, 0.6) is 17.2 Å². The summed E-state index contributed by atoms with van der Waals surface area (Å²) < 4.78 is 15.9. The highest BCUT2D eigenvalue weighted by Crippen LogP contribution is 2.36. The minimum Gasteiger partial charge on any atom is -0.484 e. The number of aryl methyl sites for hydroxylation is 1. The molecule has 1 amide bonds. The van der Waals surface area contributed by atoms with Crippen LogP contribution in [0.1, 0.15) is 11.1 Å². The smallest absolute Gasteiger partial charge is 0.277 e. The lowest BCUT2D eigenvalue weighted by molar-refractivity contribution is -0.123. The van der Waals surface area contributed by atoms with Crippen LogP contribution < -0.4 is 19.6 Å². The molecule has 6 nitrogen and oxygen atoms in total.